The Kier molecular flexibility index (Phi) is 5.95. The Morgan fingerprint density at radius 1 is 1.18 bits per heavy atom. The average molecular weight is 286 g/mol. The van der Waals surface area contributed by atoms with Crippen molar-refractivity contribution in [1.29, 1.82) is 0 Å². The fourth-order valence-corrected chi connectivity index (χ4v) is 3.12. The first-order valence-electron chi connectivity index (χ1n) is 5.90. The molecule has 0 saturated carbocycles. The van der Waals surface area contributed by atoms with Crippen molar-refractivity contribution in [2.24, 2.45) is 0 Å². The van der Waals surface area contributed by atoms with Crippen molar-refractivity contribution in [3.05, 3.63) is 47.6 Å². The maximum absolute atomic E-state index is 5.93. The van der Waals surface area contributed by atoms with Crippen molar-refractivity contribution in [3.8, 4) is 0 Å². The van der Waals surface area contributed by atoms with Gasteiger partial charge < -0.3 is 0 Å². The molecule has 0 N–H and O–H groups in total. The molecule has 1 nitrogen and oxygen atoms in total. The predicted molar refractivity (Wildman–Crippen MR) is 69.7 cm³/mol. The SMILES string of the molecule is CCCC([O][Ti])(C1=CC=CC1)C1=CC=CC1.Cl. The molecule has 0 aromatic carbocycles. The smallest absolute Gasteiger partial charge is 0.147 e. The van der Waals surface area contributed by atoms with Crippen LogP contribution >= 0.6 is 12.4 Å². The van der Waals surface area contributed by atoms with Crippen LogP contribution in [-0.2, 0) is 24.1 Å². The van der Waals surface area contributed by atoms with Gasteiger partial charge in [-0.05, 0) is 0 Å². The topological polar surface area (TPSA) is 9.23 Å². The van der Waals surface area contributed by atoms with Crippen LogP contribution in [0.2, 0.25) is 0 Å². The zero-order chi connectivity index (χ0) is 11.4. The molecule has 0 spiro atoms. The first-order chi connectivity index (χ1) is 7.83. The first-order valence-corrected chi connectivity index (χ1v) is 6.54. The average Bonchev–Trinajstić information content (AvgIpc) is 2.98. The van der Waals surface area contributed by atoms with Crippen LogP contribution in [0, 0.1) is 0 Å². The van der Waals surface area contributed by atoms with E-state index in [0.717, 1.165) is 25.7 Å². The molecule has 0 bridgehead atoms. The van der Waals surface area contributed by atoms with Crippen LogP contribution in [0.1, 0.15) is 32.6 Å². The summed E-state index contributed by atoms with van der Waals surface area (Å²) < 4.78 is 5.93. The van der Waals surface area contributed by atoms with Gasteiger partial charge in [-0.3, -0.25) is 0 Å². The molecule has 2 aliphatic carbocycles. The van der Waals surface area contributed by atoms with Gasteiger partial charge in [0.1, 0.15) is 0 Å². The summed E-state index contributed by atoms with van der Waals surface area (Å²) in [5.41, 5.74) is 2.67. The third-order valence-electron chi connectivity index (χ3n) is 3.36. The number of rotatable bonds is 5. The molecule has 0 heterocycles. The molecule has 2 rings (SSSR count). The summed E-state index contributed by atoms with van der Waals surface area (Å²) in [6, 6.07) is 0. The molecular weight excluding hydrogens is 267 g/mol. The molecular formula is C14H18ClOTi. The quantitative estimate of drug-likeness (QED) is 0.688. The molecule has 2 aliphatic rings. The Morgan fingerprint density at radius 2 is 1.71 bits per heavy atom. The summed E-state index contributed by atoms with van der Waals surface area (Å²) in [7, 11) is 0. The molecule has 0 radical (unpaired) electrons. The minimum atomic E-state index is -0.151. The van der Waals surface area contributed by atoms with Crippen molar-refractivity contribution in [3.63, 3.8) is 0 Å². The second-order valence-electron chi connectivity index (χ2n) is 4.33. The van der Waals surface area contributed by atoms with E-state index in [-0.39, 0.29) is 18.0 Å². The van der Waals surface area contributed by atoms with Crippen molar-refractivity contribution in [2.45, 2.75) is 38.2 Å². The van der Waals surface area contributed by atoms with Gasteiger partial charge in [0.05, 0.1) is 0 Å². The monoisotopic (exact) mass is 285 g/mol. The molecule has 0 aromatic heterocycles. The largest absolute Gasteiger partial charge is 0.147 e. The van der Waals surface area contributed by atoms with Gasteiger partial charge >= 0.3 is 110 Å². The van der Waals surface area contributed by atoms with Gasteiger partial charge in [0.25, 0.3) is 0 Å². The van der Waals surface area contributed by atoms with E-state index in [1.54, 1.807) is 0 Å². The van der Waals surface area contributed by atoms with Gasteiger partial charge in [-0.25, -0.2) is 0 Å². The summed E-state index contributed by atoms with van der Waals surface area (Å²) in [5, 5.41) is 0. The first kappa shape index (κ1) is 15.0. The van der Waals surface area contributed by atoms with Gasteiger partial charge in [0.2, 0.25) is 0 Å². The summed E-state index contributed by atoms with van der Waals surface area (Å²) in [6.45, 7) is 2.22. The van der Waals surface area contributed by atoms with E-state index in [1.165, 1.54) is 11.1 Å². The Balaban J connectivity index is 0.00000144. The van der Waals surface area contributed by atoms with E-state index in [2.05, 4.69) is 43.4 Å². The Hall–Kier alpha value is -0.0757. The van der Waals surface area contributed by atoms with E-state index in [1.807, 2.05) is 20.8 Å². The maximum atomic E-state index is 5.93. The van der Waals surface area contributed by atoms with Crippen molar-refractivity contribution >= 4 is 12.4 Å². The van der Waals surface area contributed by atoms with Crippen LogP contribution in [0.25, 0.3) is 0 Å². The van der Waals surface area contributed by atoms with Crippen molar-refractivity contribution in [2.75, 3.05) is 0 Å². The number of hydrogen-bond acceptors (Lipinski definition) is 1. The van der Waals surface area contributed by atoms with Crippen LogP contribution in [0.5, 0.6) is 0 Å². The maximum Gasteiger partial charge on any atom is -0.147 e. The van der Waals surface area contributed by atoms with Crippen LogP contribution < -0.4 is 0 Å². The fraction of sp³-hybridized carbons (Fsp3) is 0.429. The second-order valence-corrected chi connectivity index (χ2v) is 4.65. The molecule has 0 atom stereocenters. The van der Waals surface area contributed by atoms with Gasteiger partial charge in [-0.15, -0.1) is 12.4 Å². The van der Waals surface area contributed by atoms with Crippen LogP contribution in [-0.4, -0.2) is 5.60 Å². The normalized spacial score (nSPS) is 17.9. The molecule has 0 amide bonds. The van der Waals surface area contributed by atoms with E-state index in [0.29, 0.717) is 0 Å². The van der Waals surface area contributed by atoms with E-state index < -0.39 is 0 Å². The fourth-order valence-electron chi connectivity index (χ4n) is 2.55. The Labute approximate surface area is 122 Å². The van der Waals surface area contributed by atoms with Crippen LogP contribution in [0.3, 0.4) is 0 Å². The summed E-state index contributed by atoms with van der Waals surface area (Å²) in [4.78, 5) is 0. The third-order valence-corrected chi connectivity index (χ3v) is 3.90. The van der Waals surface area contributed by atoms with Gasteiger partial charge in [-0.2, -0.15) is 0 Å². The molecule has 91 valence electrons. The molecule has 17 heavy (non-hydrogen) atoms. The number of hydrogen-bond donors (Lipinski definition) is 0. The molecule has 0 saturated heterocycles. The summed E-state index contributed by atoms with van der Waals surface area (Å²) in [6.07, 6.45) is 17.4. The number of allylic oxidation sites excluding steroid dienone is 6. The Bertz CT molecular complexity index is 350. The molecule has 0 aromatic rings. The van der Waals surface area contributed by atoms with E-state index >= 15 is 0 Å². The Morgan fingerprint density at radius 3 is 2.00 bits per heavy atom. The number of halogens is 1. The predicted octanol–water partition coefficient (Wildman–Crippen LogP) is 4.20. The molecule has 3 heteroatoms. The van der Waals surface area contributed by atoms with E-state index in [9.17, 15) is 0 Å². The van der Waals surface area contributed by atoms with Crippen molar-refractivity contribution in [1.82, 2.24) is 0 Å². The molecule has 0 fully saturated rings. The van der Waals surface area contributed by atoms with Gasteiger partial charge in [-0.1, -0.05) is 0 Å². The third kappa shape index (κ3) is 2.85. The van der Waals surface area contributed by atoms with E-state index in [4.69, 9.17) is 3.32 Å². The molecule has 0 aliphatic heterocycles. The van der Waals surface area contributed by atoms with Gasteiger partial charge in [0.15, 0.2) is 0 Å². The zero-order valence-electron chi connectivity index (χ0n) is 10.1. The van der Waals surface area contributed by atoms with Gasteiger partial charge in [0, 0.05) is 0 Å². The van der Waals surface area contributed by atoms with Crippen LogP contribution in [0.4, 0.5) is 0 Å². The van der Waals surface area contributed by atoms with Crippen molar-refractivity contribution < 1.29 is 24.1 Å². The second kappa shape index (κ2) is 6.75. The minimum Gasteiger partial charge on any atom is -0.147 e. The standard InChI is InChI=1S/C14H17O.ClH.Ti/c1-2-11-14(15,12-7-3-4-8-12)13-9-5-6-10-13;;/h3-7,9H,2,8,10-11H2,1H3;1H;/q-1;;+1. The minimum absolute atomic E-state index is 0. The van der Waals surface area contributed by atoms with Crippen LogP contribution in [0.15, 0.2) is 47.6 Å². The molecule has 0 unspecified atom stereocenters. The summed E-state index contributed by atoms with van der Waals surface area (Å²) in [5.74, 6) is 0. The summed E-state index contributed by atoms with van der Waals surface area (Å²) >= 11 is 1.84. The zero-order valence-corrected chi connectivity index (χ0v) is 12.5.